The highest BCUT2D eigenvalue weighted by Crippen LogP contribution is 2.60. The predicted octanol–water partition coefficient (Wildman–Crippen LogP) is 17.3. The highest BCUT2D eigenvalue weighted by atomic mass is 15.1. The van der Waals surface area contributed by atoms with E-state index in [9.17, 15) is 0 Å². The van der Waals surface area contributed by atoms with E-state index >= 15 is 0 Å². The van der Waals surface area contributed by atoms with Crippen molar-refractivity contribution in [3.05, 3.63) is 295 Å². The molecule has 1 aliphatic carbocycles. The maximum atomic E-state index is 2.51. The molecule has 0 radical (unpaired) electrons. The van der Waals surface area contributed by atoms with Crippen molar-refractivity contribution in [2.45, 2.75) is 5.41 Å². The van der Waals surface area contributed by atoms with Crippen molar-refractivity contribution in [3.63, 3.8) is 0 Å². The molecule has 66 heavy (non-hydrogen) atoms. The molecule has 1 heteroatoms. The first kappa shape index (κ1) is 39.1. The Morgan fingerprint density at radius 3 is 1.41 bits per heavy atom. The van der Waals surface area contributed by atoms with Crippen LogP contribution in [0, 0.1) is 0 Å². The summed E-state index contributed by atoms with van der Waals surface area (Å²) < 4.78 is 0. The number of benzene rings is 11. The fraction of sp³-hybridized carbons (Fsp3) is 0.0154. The zero-order chi connectivity index (χ0) is 43.9. The third-order valence-electron chi connectivity index (χ3n) is 13.6. The molecule has 310 valence electrons. The summed E-state index contributed by atoms with van der Waals surface area (Å²) in [5, 5.41) is 2.50. The van der Waals surface area contributed by atoms with Crippen LogP contribution in [0.4, 0.5) is 17.1 Å². The molecule has 1 nitrogen and oxygen atoms in total. The first-order valence-electron chi connectivity index (χ1n) is 22.8. The average Bonchev–Trinajstić information content (AvgIpc) is 3.71. The van der Waals surface area contributed by atoms with Crippen molar-refractivity contribution >= 4 is 27.8 Å². The lowest BCUT2D eigenvalue weighted by atomic mass is 9.68. The van der Waals surface area contributed by atoms with Crippen LogP contribution in [0.25, 0.3) is 66.4 Å². The van der Waals surface area contributed by atoms with E-state index in [4.69, 9.17) is 0 Å². The molecule has 0 N–H and O–H groups in total. The normalized spacial score (nSPS) is 12.4. The predicted molar refractivity (Wildman–Crippen MR) is 278 cm³/mol. The fourth-order valence-electron chi connectivity index (χ4n) is 10.5. The minimum absolute atomic E-state index is 0.531. The number of hydrogen-bond acceptors (Lipinski definition) is 1. The molecule has 11 aromatic carbocycles. The van der Waals surface area contributed by atoms with Gasteiger partial charge in [0.25, 0.3) is 0 Å². The molecule has 0 unspecified atom stereocenters. The van der Waals surface area contributed by atoms with Crippen LogP contribution in [0.15, 0.2) is 273 Å². The second kappa shape index (κ2) is 16.6. The van der Waals surface area contributed by atoms with Gasteiger partial charge in [0.05, 0.1) is 16.8 Å². The zero-order valence-corrected chi connectivity index (χ0v) is 36.4. The molecule has 0 amide bonds. The molecule has 11 aromatic rings. The van der Waals surface area contributed by atoms with Crippen LogP contribution in [0.1, 0.15) is 22.3 Å². The topological polar surface area (TPSA) is 3.24 Å². The van der Waals surface area contributed by atoms with Crippen molar-refractivity contribution in [2.75, 3.05) is 4.90 Å². The number of anilines is 3. The van der Waals surface area contributed by atoms with Crippen molar-refractivity contribution < 1.29 is 0 Å². The van der Waals surface area contributed by atoms with Crippen LogP contribution >= 0.6 is 0 Å². The number of para-hydroxylation sites is 1. The van der Waals surface area contributed by atoms with E-state index in [2.05, 4.69) is 278 Å². The third kappa shape index (κ3) is 6.64. The lowest BCUT2D eigenvalue weighted by Gasteiger charge is -2.34. The molecular weight excluding hydrogens is 795 g/mol. The zero-order valence-electron chi connectivity index (χ0n) is 36.4. The van der Waals surface area contributed by atoms with Gasteiger partial charge in [0.15, 0.2) is 0 Å². The maximum Gasteiger partial charge on any atom is 0.0714 e. The molecule has 1 aliphatic rings. The second-order valence-corrected chi connectivity index (χ2v) is 17.2. The minimum atomic E-state index is -0.531. The van der Waals surface area contributed by atoms with E-state index in [-0.39, 0.29) is 0 Å². The number of hydrogen-bond donors (Lipinski definition) is 0. The van der Waals surface area contributed by atoms with Crippen molar-refractivity contribution in [2.24, 2.45) is 0 Å². The summed E-state index contributed by atoms with van der Waals surface area (Å²) in [4.78, 5) is 2.51. The Morgan fingerprint density at radius 2 is 0.712 bits per heavy atom. The van der Waals surface area contributed by atoms with Crippen LogP contribution in [-0.2, 0) is 5.41 Å². The first-order chi connectivity index (χ1) is 32.7. The van der Waals surface area contributed by atoms with E-state index in [0.717, 1.165) is 33.8 Å². The van der Waals surface area contributed by atoms with Crippen LogP contribution in [0.3, 0.4) is 0 Å². The second-order valence-electron chi connectivity index (χ2n) is 17.2. The highest BCUT2D eigenvalue weighted by Gasteiger charge is 2.47. The molecule has 0 bridgehead atoms. The third-order valence-corrected chi connectivity index (χ3v) is 13.6. The van der Waals surface area contributed by atoms with Gasteiger partial charge in [-0.15, -0.1) is 0 Å². The number of nitrogens with zero attached hydrogens (tertiary/aromatic N) is 1. The molecule has 0 saturated carbocycles. The van der Waals surface area contributed by atoms with Crippen LogP contribution in [0.2, 0.25) is 0 Å². The van der Waals surface area contributed by atoms with E-state index < -0.39 is 5.41 Å². The molecule has 0 heterocycles. The molecule has 0 atom stereocenters. The monoisotopic (exact) mass is 839 g/mol. The van der Waals surface area contributed by atoms with Crippen molar-refractivity contribution in [1.82, 2.24) is 0 Å². The summed E-state index contributed by atoms with van der Waals surface area (Å²) >= 11 is 0. The largest absolute Gasteiger partial charge is 0.309 e. The smallest absolute Gasteiger partial charge is 0.0714 e. The van der Waals surface area contributed by atoms with Gasteiger partial charge in [0.1, 0.15) is 0 Å². The average molecular weight is 840 g/mol. The Bertz CT molecular complexity index is 3460. The van der Waals surface area contributed by atoms with Gasteiger partial charge in [-0.05, 0) is 108 Å². The fourth-order valence-corrected chi connectivity index (χ4v) is 10.5. The quantitative estimate of drug-likeness (QED) is 0.140. The minimum Gasteiger partial charge on any atom is -0.309 e. The van der Waals surface area contributed by atoms with Crippen LogP contribution < -0.4 is 4.90 Å². The Kier molecular flexibility index (Phi) is 9.81. The van der Waals surface area contributed by atoms with Gasteiger partial charge in [-0.25, -0.2) is 0 Å². The van der Waals surface area contributed by atoms with E-state index in [1.807, 2.05) is 0 Å². The Morgan fingerprint density at radius 1 is 0.258 bits per heavy atom. The molecule has 0 spiro atoms. The molecule has 0 saturated heterocycles. The molecule has 0 aromatic heterocycles. The maximum absolute atomic E-state index is 2.51. The summed E-state index contributed by atoms with van der Waals surface area (Å²) in [6.45, 7) is 0. The van der Waals surface area contributed by atoms with Crippen molar-refractivity contribution in [1.29, 1.82) is 0 Å². The van der Waals surface area contributed by atoms with E-state index in [0.29, 0.717) is 0 Å². The van der Waals surface area contributed by atoms with Gasteiger partial charge in [-0.1, -0.05) is 243 Å². The van der Waals surface area contributed by atoms with Crippen LogP contribution in [-0.4, -0.2) is 0 Å². The Hall–Kier alpha value is -8.52. The van der Waals surface area contributed by atoms with Gasteiger partial charge < -0.3 is 4.90 Å². The molecule has 0 aliphatic heterocycles. The SMILES string of the molecule is c1ccc(-c2ccc(-c3cccc(N(c4ccccc4-c4ccc(-c5ccc6ccccc6c5)cc4)c4cccc5c4-c4ccccc4C5(c4ccccc4)c4ccccc4)c3)cc2)cc1. The molecule has 12 rings (SSSR count). The highest BCUT2D eigenvalue weighted by molar-refractivity contribution is 6.00. The van der Waals surface area contributed by atoms with E-state index in [1.165, 1.54) is 72.0 Å². The summed E-state index contributed by atoms with van der Waals surface area (Å²) in [6.07, 6.45) is 0. The number of rotatable bonds is 9. The lowest BCUT2D eigenvalue weighted by molar-refractivity contribution is 0.768. The Labute approximate surface area is 387 Å². The van der Waals surface area contributed by atoms with Crippen LogP contribution in [0.5, 0.6) is 0 Å². The van der Waals surface area contributed by atoms with Gasteiger partial charge in [-0.3, -0.25) is 0 Å². The lowest BCUT2D eigenvalue weighted by Crippen LogP contribution is -2.28. The standard InChI is InChI=1S/C65H45N/c1-4-18-46(19-5-1)48-34-36-49(37-35-48)53-22-16-27-57(45-53)66(62-32-15-13-28-58(62)51-41-38-50(39-42-51)54-43-40-47-20-10-11-21-52(47)44-54)63-33-17-31-61-64(63)59-29-12-14-30-60(59)65(61,55-23-6-2-7-24-55)56-25-8-3-9-26-56/h1-45H. The first-order valence-corrected chi connectivity index (χ1v) is 22.8. The summed E-state index contributed by atoms with van der Waals surface area (Å²) in [5.41, 5.74) is 19.8. The Balaban J connectivity index is 1.06. The number of fused-ring (bicyclic) bond motifs is 4. The molecular formula is C65H45N. The van der Waals surface area contributed by atoms with Gasteiger partial charge in [-0.2, -0.15) is 0 Å². The summed E-state index contributed by atoms with van der Waals surface area (Å²) in [5.74, 6) is 0. The summed E-state index contributed by atoms with van der Waals surface area (Å²) in [6, 6.07) is 100. The van der Waals surface area contributed by atoms with Gasteiger partial charge >= 0.3 is 0 Å². The van der Waals surface area contributed by atoms with E-state index in [1.54, 1.807) is 0 Å². The molecule has 0 fully saturated rings. The van der Waals surface area contributed by atoms with Gasteiger partial charge in [0.2, 0.25) is 0 Å². The summed E-state index contributed by atoms with van der Waals surface area (Å²) in [7, 11) is 0. The van der Waals surface area contributed by atoms with Gasteiger partial charge in [0, 0.05) is 16.8 Å². The van der Waals surface area contributed by atoms with Crippen molar-refractivity contribution in [3.8, 4) is 55.6 Å².